The molecule has 0 unspecified atom stereocenters. The summed E-state index contributed by atoms with van der Waals surface area (Å²) in [6, 6.07) is 6.20. The summed E-state index contributed by atoms with van der Waals surface area (Å²) in [4.78, 5) is 11.0. The number of thioether (sulfide) groups is 1. The SMILES string of the molecule is COC(=O)CCCNCc1ccc(SC(F)(F)F)cc1. The molecule has 0 heterocycles. The summed E-state index contributed by atoms with van der Waals surface area (Å²) < 4.78 is 40.9. The second kappa shape index (κ2) is 8.16. The molecule has 0 bridgehead atoms. The summed E-state index contributed by atoms with van der Waals surface area (Å²) in [6.07, 6.45) is 1.01. The number of carbonyl (C=O) groups is 1. The first-order valence-electron chi connectivity index (χ1n) is 6.03. The van der Waals surface area contributed by atoms with Gasteiger partial charge < -0.3 is 10.1 Å². The first-order chi connectivity index (χ1) is 9.40. The number of esters is 1. The molecule has 0 amide bonds. The Labute approximate surface area is 119 Å². The lowest BCUT2D eigenvalue weighted by Crippen LogP contribution is -2.16. The highest BCUT2D eigenvalue weighted by atomic mass is 32.2. The molecule has 0 radical (unpaired) electrons. The molecule has 0 spiro atoms. The molecule has 0 aliphatic rings. The van der Waals surface area contributed by atoms with Crippen molar-refractivity contribution in [2.24, 2.45) is 0 Å². The van der Waals surface area contributed by atoms with Gasteiger partial charge in [-0.15, -0.1) is 0 Å². The Hall–Kier alpha value is -1.21. The molecule has 112 valence electrons. The molecular weight excluding hydrogens is 291 g/mol. The summed E-state index contributed by atoms with van der Waals surface area (Å²) in [7, 11) is 1.34. The van der Waals surface area contributed by atoms with Crippen molar-refractivity contribution in [3.8, 4) is 0 Å². The number of hydrogen-bond acceptors (Lipinski definition) is 4. The lowest BCUT2D eigenvalue weighted by atomic mass is 10.2. The number of carbonyl (C=O) groups excluding carboxylic acids is 1. The number of benzene rings is 1. The van der Waals surface area contributed by atoms with Crippen LogP contribution in [0.15, 0.2) is 29.2 Å². The Morgan fingerprint density at radius 3 is 2.50 bits per heavy atom. The second-order valence-electron chi connectivity index (χ2n) is 4.05. The van der Waals surface area contributed by atoms with Crippen LogP contribution in [0.1, 0.15) is 18.4 Å². The van der Waals surface area contributed by atoms with Gasteiger partial charge >= 0.3 is 11.5 Å². The molecular formula is C13H16F3NO2S. The zero-order chi connectivity index (χ0) is 15.0. The summed E-state index contributed by atoms with van der Waals surface area (Å²) >= 11 is -0.125. The monoisotopic (exact) mass is 307 g/mol. The van der Waals surface area contributed by atoms with Crippen LogP contribution in [0.2, 0.25) is 0 Å². The average Bonchev–Trinajstić information content (AvgIpc) is 2.38. The van der Waals surface area contributed by atoms with Gasteiger partial charge in [0.1, 0.15) is 0 Å². The molecule has 0 aliphatic carbocycles. The van der Waals surface area contributed by atoms with Crippen LogP contribution >= 0.6 is 11.8 Å². The van der Waals surface area contributed by atoms with E-state index in [9.17, 15) is 18.0 Å². The van der Waals surface area contributed by atoms with Crippen molar-refractivity contribution in [2.45, 2.75) is 29.8 Å². The van der Waals surface area contributed by atoms with Gasteiger partial charge in [0.25, 0.3) is 0 Å². The number of ether oxygens (including phenoxy) is 1. The lowest BCUT2D eigenvalue weighted by Gasteiger charge is -2.07. The van der Waals surface area contributed by atoms with Crippen molar-refractivity contribution in [1.82, 2.24) is 5.32 Å². The van der Waals surface area contributed by atoms with Gasteiger partial charge in [0.2, 0.25) is 0 Å². The Morgan fingerprint density at radius 2 is 1.95 bits per heavy atom. The Kier molecular flexibility index (Phi) is 6.87. The molecule has 0 saturated heterocycles. The average molecular weight is 307 g/mol. The fourth-order valence-corrected chi connectivity index (χ4v) is 2.04. The highest BCUT2D eigenvalue weighted by Crippen LogP contribution is 2.36. The van der Waals surface area contributed by atoms with Crippen LogP contribution < -0.4 is 5.32 Å². The summed E-state index contributed by atoms with van der Waals surface area (Å²) in [6.45, 7) is 1.20. The quantitative estimate of drug-likeness (QED) is 0.476. The van der Waals surface area contributed by atoms with Crippen molar-refractivity contribution in [2.75, 3.05) is 13.7 Å². The molecule has 1 aromatic rings. The Bertz CT molecular complexity index is 421. The molecule has 1 N–H and O–H groups in total. The van der Waals surface area contributed by atoms with Gasteiger partial charge in [-0.1, -0.05) is 12.1 Å². The van der Waals surface area contributed by atoms with E-state index in [-0.39, 0.29) is 22.6 Å². The zero-order valence-corrected chi connectivity index (χ0v) is 11.8. The Morgan fingerprint density at radius 1 is 1.30 bits per heavy atom. The molecule has 0 aliphatic heterocycles. The molecule has 7 heteroatoms. The van der Waals surface area contributed by atoms with E-state index in [2.05, 4.69) is 10.1 Å². The molecule has 3 nitrogen and oxygen atoms in total. The maximum atomic E-state index is 12.1. The smallest absolute Gasteiger partial charge is 0.446 e. The molecule has 1 rings (SSSR count). The minimum atomic E-state index is -4.26. The Balaban J connectivity index is 2.26. The van der Waals surface area contributed by atoms with Crippen LogP contribution in [-0.2, 0) is 16.1 Å². The van der Waals surface area contributed by atoms with E-state index in [1.807, 2.05) is 0 Å². The first-order valence-corrected chi connectivity index (χ1v) is 6.84. The lowest BCUT2D eigenvalue weighted by molar-refractivity contribution is -0.140. The fourth-order valence-electron chi connectivity index (χ4n) is 1.50. The predicted molar refractivity (Wildman–Crippen MR) is 71.3 cm³/mol. The number of nitrogens with one attached hydrogen (secondary N) is 1. The van der Waals surface area contributed by atoms with Gasteiger partial charge in [0, 0.05) is 17.9 Å². The fraction of sp³-hybridized carbons (Fsp3) is 0.462. The maximum absolute atomic E-state index is 12.1. The molecule has 20 heavy (non-hydrogen) atoms. The molecule has 0 atom stereocenters. The number of rotatable bonds is 7. The van der Waals surface area contributed by atoms with Crippen LogP contribution in [0.4, 0.5) is 13.2 Å². The topological polar surface area (TPSA) is 38.3 Å². The van der Waals surface area contributed by atoms with Gasteiger partial charge in [-0.25, -0.2) is 0 Å². The number of halogens is 3. The van der Waals surface area contributed by atoms with Gasteiger partial charge in [-0.3, -0.25) is 4.79 Å². The zero-order valence-electron chi connectivity index (χ0n) is 11.0. The van der Waals surface area contributed by atoms with Gasteiger partial charge in [-0.2, -0.15) is 13.2 Å². The van der Waals surface area contributed by atoms with Crippen molar-refractivity contribution in [1.29, 1.82) is 0 Å². The number of alkyl halides is 3. The van der Waals surface area contributed by atoms with Gasteiger partial charge in [0.15, 0.2) is 0 Å². The van der Waals surface area contributed by atoms with Crippen molar-refractivity contribution >= 4 is 17.7 Å². The third-order valence-corrected chi connectivity index (χ3v) is 3.19. The van der Waals surface area contributed by atoms with E-state index in [1.54, 1.807) is 12.1 Å². The van der Waals surface area contributed by atoms with E-state index >= 15 is 0 Å². The third kappa shape index (κ3) is 7.40. The van der Waals surface area contributed by atoms with E-state index in [4.69, 9.17) is 0 Å². The minimum Gasteiger partial charge on any atom is -0.469 e. The summed E-state index contributed by atoms with van der Waals surface area (Å²) in [5, 5.41) is 3.11. The standard InChI is InChI=1S/C13H16F3NO2S/c1-19-12(18)3-2-8-17-9-10-4-6-11(7-5-10)20-13(14,15)16/h4-7,17H,2-3,8-9H2,1H3. The predicted octanol–water partition coefficient (Wildman–Crippen LogP) is 3.34. The van der Waals surface area contributed by atoms with Gasteiger partial charge in [0.05, 0.1) is 7.11 Å². The third-order valence-electron chi connectivity index (χ3n) is 2.45. The highest BCUT2D eigenvalue weighted by Gasteiger charge is 2.28. The van der Waals surface area contributed by atoms with E-state index < -0.39 is 5.51 Å². The van der Waals surface area contributed by atoms with Crippen molar-refractivity contribution in [3.63, 3.8) is 0 Å². The van der Waals surface area contributed by atoms with Crippen LogP contribution in [0, 0.1) is 0 Å². The van der Waals surface area contributed by atoms with E-state index in [0.717, 1.165) is 5.56 Å². The number of methoxy groups -OCH3 is 1. The molecule has 0 fully saturated rings. The normalized spacial score (nSPS) is 11.4. The van der Waals surface area contributed by atoms with Crippen LogP contribution in [0.5, 0.6) is 0 Å². The van der Waals surface area contributed by atoms with Crippen LogP contribution in [0.25, 0.3) is 0 Å². The van der Waals surface area contributed by atoms with E-state index in [1.165, 1.54) is 19.2 Å². The van der Waals surface area contributed by atoms with Crippen molar-refractivity contribution < 1.29 is 22.7 Å². The maximum Gasteiger partial charge on any atom is 0.446 e. The van der Waals surface area contributed by atoms with Gasteiger partial charge in [-0.05, 0) is 42.4 Å². The van der Waals surface area contributed by atoms with E-state index in [0.29, 0.717) is 25.9 Å². The largest absolute Gasteiger partial charge is 0.469 e. The summed E-state index contributed by atoms with van der Waals surface area (Å²) in [5.74, 6) is -0.250. The van der Waals surface area contributed by atoms with Crippen molar-refractivity contribution in [3.05, 3.63) is 29.8 Å². The van der Waals surface area contributed by atoms with Crippen LogP contribution in [0.3, 0.4) is 0 Å². The second-order valence-corrected chi connectivity index (χ2v) is 5.19. The van der Waals surface area contributed by atoms with Crippen LogP contribution in [-0.4, -0.2) is 25.1 Å². The molecule has 1 aromatic carbocycles. The first kappa shape index (κ1) is 16.8. The highest BCUT2D eigenvalue weighted by molar-refractivity contribution is 8.00. The molecule has 0 aromatic heterocycles. The molecule has 0 saturated carbocycles. The summed E-state index contributed by atoms with van der Waals surface area (Å²) in [5.41, 5.74) is -3.36. The number of hydrogen-bond donors (Lipinski definition) is 1. The minimum absolute atomic E-state index is 0.125.